The lowest BCUT2D eigenvalue weighted by atomic mass is 9.86. The molecule has 2 aromatic carbocycles. The van der Waals surface area contributed by atoms with Crippen molar-refractivity contribution in [2.45, 2.75) is 49.1 Å². The number of H-pyrrole nitrogens is 1. The normalized spacial score (nSPS) is 16.2. The number of para-hydroxylation sites is 2. The summed E-state index contributed by atoms with van der Waals surface area (Å²) in [6.07, 6.45) is 0.0847. The van der Waals surface area contributed by atoms with E-state index in [-0.39, 0.29) is 17.4 Å². The van der Waals surface area contributed by atoms with Gasteiger partial charge in [-0.2, -0.15) is 13.2 Å². The average molecular weight is 480 g/mol. The number of aromatic nitrogens is 2. The van der Waals surface area contributed by atoms with Gasteiger partial charge in [0.25, 0.3) is 0 Å². The third-order valence-electron chi connectivity index (χ3n) is 6.10. The van der Waals surface area contributed by atoms with Crippen molar-refractivity contribution in [1.82, 2.24) is 9.97 Å². The van der Waals surface area contributed by atoms with Gasteiger partial charge < -0.3 is 4.98 Å². The SMILES string of the molecule is CS(=O)(=O)c1ccc(C(CC2CCCC2)C(=O)Nc2nc3ccccc3[nH]2)cc1C(F)(F)F. The van der Waals surface area contributed by atoms with Gasteiger partial charge in [0.15, 0.2) is 9.84 Å². The van der Waals surface area contributed by atoms with E-state index in [2.05, 4.69) is 15.3 Å². The second kappa shape index (κ2) is 8.81. The fourth-order valence-electron chi connectivity index (χ4n) is 4.50. The molecule has 0 aliphatic heterocycles. The third-order valence-corrected chi connectivity index (χ3v) is 7.26. The summed E-state index contributed by atoms with van der Waals surface area (Å²) in [4.78, 5) is 19.8. The zero-order valence-corrected chi connectivity index (χ0v) is 18.8. The minimum atomic E-state index is -4.87. The van der Waals surface area contributed by atoms with Crippen LogP contribution in [0.4, 0.5) is 19.1 Å². The van der Waals surface area contributed by atoms with Gasteiger partial charge in [-0.05, 0) is 42.2 Å². The van der Waals surface area contributed by atoms with Crippen LogP contribution in [0.15, 0.2) is 47.4 Å². The number of aromatic amines is 1. The van der Waals surface area contributed by atoms with Crippen molar-refractivity contribution in [2.75, 3.05) is 11.6 Å². The number of rotatable bonds is 6. The second-order valence-corrected chi connectivity index (χ2v) is 10.5. The van der Waals surface area contributed by atoms with Crippen molar-refractivity contribution < 1.29 is 26.4 Å². The van der Waals surface area contributed by atoms with Crippen LogP contribution < -0.4 is 5.32 Å². The van der Waals surface area contributed by atoms with Crippen LogP contribution in [0.2, 0.25) is 0 Å². The summed E-state index contributed by atoms with van der Waals surface area (Å²) in [6.45, 7) is 0. The van der Waals surface area contributed by atoms with E-state index in [0.29, 0.717) is 11.9 Å². The number of carbonyl (C=O) groups is 1. The number of nitrogens with one attached hydrogen (secondary N) is 2. The van der Waals surface area contributed by atoms with E-state index >= 15 is 0 Å². The first-order valence-electron chi connectivity index (χ1n) is 10.7. The predicted molar refractivity (Wildman–Crippen MR) is 119 cm³/mol. The molecule has 0 bridgehead atoms. The van der Waals surface area contributed by atoms with E-state index in [1.54, 1.807) is 18.2 Å². The van der Waals surface area contributed by atoms with Gasteiger partial charge in [0.1, 0.15) is 0 Å². The lowest BCUT2D eigenvalue weighted by molar-refractivity contribution is -0.140. The first-order valence-corrected chi connectivity index (χ1v) is 12.6. The van der Waals surface area contributed by atoms with E-state index in [4.69, 9.17) is 0 Å². The number of fused-ring (bicyclic) bond motifs is 1. The number of hydrogen-bond acceptors (Lipinski definition) is 4. The molecular weight excluding hydrogens is 455 g/mol. The number of benzene rings is 2. The highest BCUT2D eigenvalue weighted by Gasteiger charge is 2.38. The first kappa shape index (κ1) is 23.3. The van der Waals surface area contributed by atoms with Gasteiger partial charge in [0, 0.05) is 6.26 Å². The molecule has 4 rings (SSSR count). The van der Waals surface area contributed by atoms with E-state index in [1.165, 1.54) is 6.07 Å². The number of anilines is 1. The Morgan fingerprint density at radius 1 is 1.18 bits per heavy atom. The van der Waals surface area contributed by atoms with Crippen LogP contribution in [0.1, 0.15) is 49.1 Å². The van der Waals surface area contributed by atoms with Gasteiger partial charge in [0.05, 0.1) is 27.4 Å². The maximum absolute atomic E-state index is 13.7. The molecule has 1 atom stereocenters. The van der Waals surface area contributed by atoms with Gasteiger partial charge >= 0.3 is 6.18 Å². The summed E-state index contributed by atoms with van der Waals surface area (Å²) in [6, 6.07) is 10.3. The van der Waals surface area contributed by atoms with Crippen LogP contribution in [0.25, 0.3) is 11.0 Å². The van der Waals surface area contributed by atoms with Crippen LogP contribution in [-0.4, -0.2) is 30.5 Å². The van der Waals surface area contributed by atoms with Crippen molar-refractivity contribution >= 4 is 32.7 Å². The molecule has 1 aromatic heterocycles. The lowest BCUT2D eigenvalue weighted by Crippen LogP contribution is -2.24. The highest BCUT2D eigenvalue weighted by atomic mass is 32.2. The molecule has 1 saturated carbocycles. The standard InChI is InChI=1S/C23H24F3N3O3S/c1-33(31,32)20-11-10-15(13-17(20)23(24,25)26)16(12-14-6-2-3-7-14)21(30)29-22-27-18-8-4-5-9-19(18)28-22/h4-5,8-11,13-14,16H,2-3,6-7,12H2,1H3,(H2,27,28,29,30). The molecule has 6 nitrogen and oxygen atoms in total. The molecule has 176 valence electrons. The number of amides is 1. The van der Waals surface area contributed by atoms with Gasteiger partial charge in [0.2, 0.25) is 11.9 Å². The van der Waals surface area contributed by atoms with E-state index in [0.717, 1.165) is 49.6 Å². The minimum absolute atomic E-state index is 0.134. The Kier molecular flexibility index (Phi) is 6.22. The highest BCUT2D eigenvalue weighted by Crippen LogP contribution is 2.39. The average Bonchev–Trinajstić information content (AvgIpc) is 3.39. The molecule has 1 aliphatic rings. The number of imidazole rings is 1. The topological polar surface area (TPSA) is 91.9 Å². The fourth-order valence-corrected chi connectivity index (χ4v) is 5.39. The number of carbonyl (C=O) groups excluding carboxylic acids is 1. The fraction of sp³-hybridized carbons (Fsp3) is 0.391. The zero-order valence-electron chi connectivity index (χ0n) is 17.9. The number of alkyl halides is 3. The number of hydrogen-bond donors (Lipinski definition) is 2. The Morgan fingerprint density at radius 3 is 2.52 bits per heavy atom. The summed E-state index contributed by atoms with van der Waals surface area (Å²) in [5, 5.41) is 2.70. The predicted octanol–water partition coefficient (Wildman–Crippen LogP) is 5.29. The Balaban J connectivity index is 1.71. The van der Waals surface area contributed by atoms with E-state index in [1.807, 2.05) is 6.07 Å². The van der Waals surface area contributed by atoms with Crippen molar-refractivity contribution in [3.05, 3.63) is 53.6 Å². The minimum Gasteiger partial charge on any atom is -0.324 e. The Labute approximate surface area is 189 Å². The van der Waals surface area contributed by atoms with Gasteiger partial charge in [-0.1, -0.05) is 43.9 Å². The molecule has 1 fully saturated rings. The molecule has 0 saturated heterocycles. The van der Waals surface area contributed by atoms with Gasteiger partial charge in [-0.25, -0.2) is 13.4 Å². The van der Waals surface area contributed by atoms with Crippen LogP contribution in [-0.2, 0) is 20.8 Å². The Morgan fingerprint density at radius 2 is 1.88 bits per heavy atom. The molecule has 0 radical (unpaired) electrons. The van der Waals surface area contributed by atoms with Crippen molar-refractivity contribution in [3.8, 4) is 0 Å². The van der Waals surface area contributed by atoms with Gasteiger partial charge in [-0.3, -0.25) is 10.1 Å². The third kappa shape index (κ3) is 5.21. The molecule has 10 heteroatoms. The highest BCUT2D eigenvalue weighted by molar-refractivity contribution is 7.90. The van der Waals surface area contributed by atoms with E-state index < -0.39 is 38.3 Å². The summed E-state index contributed by atoms with van der Waals surface area (Å²) in [5.41, 5.74) is 0.250. The van der Waals surface area contributed by atoms with Crippen LogP contribution >= 0.6 is 0 Å². The lowest BCUT2D eigenvalue weighted by Gasteiger charge is -2.22. The maximum Gasteiger partial charge on any atom is 0.417 e. The van der Waals surface area contributed by atoms with Crippen LogP contribution in [0, 0.1) is 5.92 Å². The molecule has 3 aromatic rings. The smallest absolute Gasteiger partial charge is 0.324 e. The molecule has 1 unspecified atom stereocenters. The summed E-state index contributed by atoms with van der Waals surface area (Å²) < 4.78 is 65.0. The van der Waals surface area contributed by atoms with Gasteiger partial charge in [-0.15, -0.1) is 0 Å². The Bertz CT molecular complexity index is 1250. The largest absolute Gasteiger partial charge is 0.417 e. The quantitative estimate of drug-likeness (QED) is 0.503. The molecule has 1 aliphatic carbocycles. The van der Waals surface area contributed by atoms with Crippen molar-refractivity contribution in [2.24, 2.45) is 5.92 Å². The molecular formula is C23H24F3N3O3S. The van der Waals surface area contributed by atoms with Crippen LogP contribution in [0.3, 0.4) is 0 Å². The molecule has 2 N–H and O–H groups in total. The Hall–Kier alpha value is -2.88. The maximum atomic E-state index is 13.7. The second-order valence-electron chi connectivity index (χ2n) is 8.56. The van der Waals surface area contributed by atoms with E-state index in [9.17, 15) is 26.4 Å². The molecule has 0 spiro atoms. The number of nitrogens with zero attached hydrogens (tertiary/aromatic N) is 1. The summed E-state index contributed by atoms with van der Waals surface area (Å²) in [7, 11) is -4.10. The van der Waals surface area contributed by atoms with Crippen molar-refractivity contribution in [1.29, 1.82) is 0 Å². The number of sulfone groups is 1. The monoisotopic (exact) mass is 479 g/mol. The molecule has 1 amide bonds. The molecule has 1 heterocycles. The molecule has 33 heavy (non-hydrogen) atoms. The summed E-state index contributed by atoms with van der Waals surface area (Å²) >= 11 is 0. The van der Waals surface area contributed by atoms with Crippen LogP contribution in [0.5, 0.6) is 0 Å². The first-order chi connectivity index (χ1) is 15.5. The number of halogens is 3. The van der Waals surface area contributed by atoms with Crippen molar-refractivity contribution in [3.63, 3.8) is 0 Å². The zero-order chi connectivity index (χ0) is 23.8. The summed E-state index contributed by atoms with van der Waals surface area (Å²) in [5.74, 6) is -0.945.